The van der Waals surface area contributed by atoms with Crippen LogP contribution in [0.3, 0.4) is 0 Å². The van der Waals surface area contributed by atoms with Crippen LogP contribution in [0.25, 0.3) is 0 Å². The molecule has 0 aliphatic heterocycles. The topological polar surface area (TPSA) is 67.9 Å². The lowest BCUT2D eigenvalue weighted by atomic mass is 10.1. The average molecular weight is 457 g/mol. The van der Waals surface area contributed by atoms with E-state index in [0.29, 0.717) is 18.8 Å². The highest BCUT2D eigenvalue weighted by Crippen LogP contribution is 2.20. The van der Waals surface area contributed by atoms with Gasteiger partial charge >= 0.3 is 0 Å². The molecule has 2 aromatic rings. The van der Waals surface area contributed by atoms with Crippen molar-refractivity contribution in [2.24, 2.45) is 0 Å². The van der Waals surface area contributed by atoms with Gasteiger partial charge < -0.3 is 19.7 Å². The number of carbonyl (C=O) groups is 2. The fourth-order valence-corrected chi connectivity index (χ4v) is 3.99. The smallest absolute Gasteiger partial charge is 0.242 e. The normalized spacial score (nSPS) is 14.5. The highest BCUT2D eigenvalue weighted by Gasteiger charge is 2.28. The van der Waals surface area contributed by atoms with E-state index in [4.69, 9.17) is 9.47 Å². The van der Waals surface area contributed by atoms with Crippen LogP contribution in [0.2, 0.25) is 0 Å². The Morgan fingerprint density at radius 2 is 1.70 bits per heavy atom. The summed E-state index contributed by atoms with van der Waals surface area (Å²) >= 11 is 0. The molecule has 6 nitrogen and oxygen atoms in total. The van der Waals surface area contributed by atoms with Crippen molar-refractivity contribution < 1.29 is 23.5 Å². The van der Waals surface area contributed by atoms with E-state index in [0.717, 1.165) is 37.0 Å². The molecule has 1 aliphatic rings. The standard InChI is InChI=1S/C26H33FN2O4/c1-19(26(31)28-22-6-3-4-7-22)29(18-20-9-11-21(27)12-10-20)25(30)8-5-17-33-24-15-13-23(32-2)14-16-24/h9-16,19,22H,3-8,17-18H2,1-2H3,(H,28,31)/t19-/m0/s1. The molecule has 1 aliphatic carbocycles. The third-order valence-corrected chi connectivity index (χ3v) is 6.00. The van der Waals surface area contributed by atoms with Crippen molar-refractivity contribution in [2.45, 2.75) is 64.1 Å². The summed E-state index contributed by atoms with van der Waals surface area (Å²) in [6, 6.07) is 12.8. The van der Waals surface area contributed by atoms with E-state index in [1.807, 2.05) is 24.3 Å². The number of rotatable bonds is 11. The third-order valence-electron chi connectivity index (χ3n) is 6.00. The second kappa shape index (κ2) is 12.2. The van der Waals surface area contributed by atoms with Crippen molar-refractivity contribution in [1.82, 2.24) is 10.2 Å². The second-order valence-electron chi connectivity index (χ2n) is 8.44. The van der Waals surface area contributed by atoms with Gasteiger partial charge in [0.05, 0.1) is 13.7 Å². The van der Waals surface area contributed by atoms with Crippen LogP contribution in [0.1, 0.15) is 51.0 Å². The Morgan fingerprint density at radius 1 is 1.06 bits per heavy atom. The third kappa shape index (κ3) is 7.48. The maximum atomic E-state index is 13.3. The first kappa shape index (κ1) is 24.6. The van der Waals surface area contributed by atoms with Crippen molar-refractivity contribution in [3.05, 3.63) is 59.9 Å². The van der Waals surface area contributed by atoms with Crippen LogP contribution < -0.4 is 14.8 Å². The Hall–Kier alpha value is -3.09. The van der Waals surface area contributed by atoms with E-state index in [1.54, 1.807) is 31.1 Å². The SMILES string of the molecule is COc1ccc(OCCCC(=O)N(Cc2ccc(F)cc2)[C@@H](C)C(=O)NC2CCCC2)cc1. The fraction of sp³-hybridized carbons (Fsp3) is 0.462. The summed E-state index contributed by atoms with van der Waals surface area (Å²) in [6.45, 7) is 2.38. The summed E-state index contributed by atoms with van der Waals surface area (Å²) < 4.78 is 24.2. The first-order valence-electron chi connectivity index (χ1n) is 11.6. The Morgan fingerprint density at radius 3 is 2.33 bits per heavy atom. The van der Waals surface area contributed by atoms with E-state index in [-0.39, 0.29) is 36.6 Å². The van der Waals surface area contributed by atoms with Crippen molar-refractivity contribution in [3.8, 4) is 11.5 Å². The van der Waals surface area contributed by atoms with Crippen molar-refractivity contribution in [1.29, 1.82) is 0 Å². The number of amides is 2. The first-order valence-corrected chi connectivity index (χ1v) is 11.6. The number of benzene rings is 2. The minimum atomic E-state index is -0.620. The lowest BCUT2D eigenvalue weighted by Gasteiger charge is -2.30. The molecule has 0 bridgehead atoms. The van der Waals surface area contributed by atoms with Crippen LogP contribution in [0.5, 0.6) is 11.5 Å². The van der Waals surface area contributed by atoms with Crippen LogP contribution in [0.15, 0.2) is 48.5 Å². The number of nitrogens with zero attached hydrogens (tertiary/aromatic N) is 1. The maximum absolute atomic E-state index is 13.3. The average Bonchev–Trinajstić information content (AvgIpc) is 3.34. The van der Waals surface area contributed by atoms with E-state index >= 15 is 0 Å². The minimum Gasteiger partial charge on any atom is -0.497 e. The molecule has 0 saturated heterocycles. The largest absolute Gasteiger partial charge is 0.497 e. The zero-order chi connectivity index (χ0) is 23.6. The van der Waals surface area contributed by atoms with Gasteiger partial charge in [-0.25, -0.2) is 4.39 Å². The van der Waals surface area contributed by atoms with Crippen LogP contribution in [-0.4, -0.2) is 42.5 Å². The van der Waals surface area contributed by atoms with Gasteiger partial charge in [0.15, 0.2) is 0 Å². The summed E-state index contributed by atoms with van der Waals surface area (Å²) in [5.41, 5.74) is 0.778. The van der Waals surface area contributed by atoms with Gasteiger partial charge in [-0.3, -0.25) is 9.59 Å². The number of carbonyl (C=O) groups excluding carboxylic acids is 2. The fourth-order valence-electron chi connectivity index (χ4n) is 3.99. The van der Waals surface area contributed by atoms with Gasteiger partial charge in [-0.1, -0.05) is 25.0 Å². The molecule has 0 aromatic heterocycles. The molecule has 0 heterocycles. The molecule has 0 spiro atoms. The monoisotopic (exact) mass is 456 g/mol. The van der Waals surface area contributed by atoms with Crippen LogP contribution in [-0.2, 0) is 16.1 Å². The van der Waals surface area contributed by atoms with Crippen LogP contribution in [0, 0.1) is 5.82 Å². The number of hydrogen-bond donors (Lipinski definition) is 1. The van der Waals surface area contributed by atoms with Gasteiger partial charge in [0, 0.05) is 19.0 Å². The highest BCUT2D eigenvalue weighted by atomic mass is 19.1. The number of hydrogen-bond acceptors (Lipinski definition) is 4. The van der Waals surface area contributed by atoms with Gasteiger partial charge in [-0.15, -0.1) is 0 Å². The molecule has 1 fully saturated rings. The molecule has 1 N–H and O–H groups in total. The molecule has 1 atom stereocenters. The number of ether oxygens (including phenoxy) is 2. The summed E-state index contributed by atoms with van der Waals surface area (Å²) in [5.74, 6) is 0.840. The van der Waals surface area contributed by atoms with E-state index in [2.05, 4.69) is 5.32 Å². The number of halogens is 1. The highest BCUT2D eigenvalue weighted by molar-refractivity contribution is 5.87. The first-order chi connectivity index (χ1) is 16.0. The van der Waals surface area contributed by atoms with Crippen molar-refractivity contribution in [3.63, 3.8) is 0 Å². The zero-order valence-corrected chi connectivity index (χ0v) is 19.4. The summed E-state index contributed by atoms with van der Waals surface area (Å²) in [6.07, 6.45) is 4.96. The van der Waals surface area contributed by atoms with Crippen molar-refractivity contribution in [2.75, 3.05) is 13.7 Å². The zero-order valence-electron chi connectivity index (χ0n) is 19.4. The molecular weight excluding hydrogens is 423 g/mol. The Labute approximate surface area is 195 Å². The molecule has 2 aromatic carbocycles. The molecule has 1 saturated carbocycles. The number of nitrogens with one attached hydrogen (secondary N) is 1. The Kier molecular flexibility index (Phi) is 9.10. The summed E-state index contributed by atoms with van der Waals surface area (Å²) in [4.78, 5) is 27.5. The molecule has 3 rings (SSSR count). The lowest BCUT2D eigenvalue weighted by molar-refractivity contribution is -0.141. The van der Waals surface area contributed by atoms with E-state index < -0.39 is 6.04 Å². The van der Waals surface area contributed by atoms with Crippen LogP contribution >= 0.6 is 0 Å². The summed E-state index contributed by atoms with van der Waals surface area (Å²) in [5, 5.41) is 3.08. The van der Waals surface area contributed by atoms with Crippen molar-refractivity contribution >= 4 is 11.8 Å². The summed E-state index contributed by atoms with van der Waals surface area (Å²) in [7, 11) is 1.61. The van der Waals surface area contributed by atoms with Gasteiger partial charge in [-0.05, 0) is 68.1 Å². The lowest BCUT2D eigenvalue weighted by Crippen LogP contribution is -2.49. The van der Waals surface area contributed by atoms with Crippen LogP contribution in [0.4, 0.5) is 4.39 Å². The molecule has 178 valence electrons. The predicted octanol–water partition coefficient (Wildman–Crippen LogP) is 4.47. The van der Waals surface area contributed by atoms with Gasteiger partial charge in [-0.2, -0.15) is 0 Å². The number of methoxy groups -OCH3 is 1. The van der Waals surface area contributed by atoms with E-state index in [9.17, 15) is 14.0 Å². The molecule has 33 heavy (non-hydrogen) atoms. The Balaban J connectivity index is 1.57. The van der Waals surface area contributed by atoms with Gasteiger partial charge in [0.2, 0.25) is 11.8 Å². The molecule has 7 heteroatoms. The molecule has 2 amide bonds. The quantitative estimate of drug-likeness (QED) is 0.507. The second-order valence-corrected chi connectivity index (χ2v) is 8.44. The van der Waals surface area contributed by atoms with Gasteiger partial charge in [0.1, 0.15) is 23.4 Å². The minimum absolute atomic E-state index is 0.133. The molecule has 0 unspecified atom stereocenters. The molecular formula is C26H33FN2O4. The van der Waals surface area contributed by atoms with E-state index in [1.165, 1.54) is 12.1 Å². The maximum Gasteiger partial charge on any atom is 0.242 e. The molecule has 0 radical (unpaired) electrons. The van der Waals surface area contributed by atoms with Gasteiger partial charge in [0.25, 0.3) is 0 Å². The Bertz CT molecular complexity index is 896. The predicted molar refractivity (Wildman–Crippen MR) is 125 cm³/mol.